The number of nitrogens with one attached hydrogen (secondary N) is 1. The number of carbonyl (C=O) groups is 1. The third-order valence-corrected chi connectivity index (χ3v) is 5.85. The third-order valence-electron chi connectivity index (χ3n) is 3.71. The van der Waals surface area contributed by atoms with Crippen LogP contribution in [0.4, 0.5) is 0 Å². The van der Waals surface area contributed by atoms with Crippen molar-refractivity contribution < 1.29 is 13.2 Å². The summed E-state index contributed by atoms with van der Waals surface area (Å²) in [6.45, 7) is 3.22. The highest BCUT2D eigenvalue weighted by Crippen LogP contribution is 2.16. The lowest BCUT2D eigenvalue weighted by atomic mass is 10.1. The topological polar surface area (TPSA) is 78.8 Å². The molecule has 138 valence electrons. The van der Waals surface area contributed by atoms with Crippen LogP contribution in [0.25, 0.3) is 0 Å². The average molecular weight is 394 g/mol. The second-order valence-electron chi connectivity index (χ2n) is 5.79. The molecule has 2 rings (SSSR count). The molecule has 26 heavy (non-hydrogen) atoms. The van der Waals surface area contributed by atoms with E-state index in [0.717, 1.165) is 9.87 Å². The van der Waals surface area contributed by atoms with E-state index in [9.17, 15) is 13.2 Å². The number of halogens is 1. The first-order chi connectivity index (χ1) is 12.2. The van der Waals surface area contributed by atoms with Crippen molar-refractivity contribution in [1.29, 1.82) is 0 Å². The monoisotopic (exact) mass is 393 g/mol. The quantitative estimate of drug-likeness (QED) is 0.605. The molecule has 0 aliphatic rings. The third kappa shape index (κ3) is 4.91. The number of carbonyl (C=O) groups excluding carboxylic acids is 1. The molecule has 0 aliphatic heterocycles. The molecule has 2 aromatic rings. The highest BCUT2D eigenvalue weighted by atomic mass is 35.5. The van der Waals surface area contributed by atoms with Gasteiger partial charge in [0.1, 0.15) is 0 Å². The van der Waals surface area contributed by atoms with Crippen LogP contribution in [-0.4, -0.2) is 37.9 Å². The van der Waals surface area contributed by atoms with Gasteiger partial charge in [-0.25, -0.2) is 13.8 Å². The summed E-state index contributed by atoms with van der Waals surface area (Å²) in [5.74, 6) is -0.547. The van der Waals surface area contributed by atoms with Gasteiger partial charge in [0.25, 0.3) is 5.91 Å². The highest BCUT2D eigenvalue weighted by Gasteiger charge is 2.22. The second-order valence-corrected chi connectivity index (χ2v) is 8.24. The Labute approximate surface area is 158 Å². The molecule has 6 nitrogen and oxygen atoms in total. The predicted molar refractivity (Wildman–Crippen MR) is 103 cm³/mol. The first-order valence-electron chi connectivity index (χ1n) is 7.83. The standard InChI is InChI=1S/C18H20ClN3O3S/c1-13-8-10-15(11-9-13)26(24,25)22(3)12-18(23)21-20-14(2)16-6-4-5-7-17(16)19/h4-11H,12H2,1-3H3,(H,21,23)/b20-14-. The zero-order valence-electron chi connectivity index (χ0n) is 14.7. The number of rotatable bonds is 6. The van der Waals surface area contributed by atoms with Gasteiger partial charge in [0, 0.05) is 17.6 Å². The average Bonchev–Trinajstić information content (AvgIpc) is 2.60. The van der Waals surface area contributed by atoms with Gasteiger partial charge in [-0.1, -0.05) is 47.5 Å². The van der Waals surface area contributed by atoms with Crippen molar-refractivity contribution >= 4 is 33.2 Å². The number of aryl methyl sites for hydroxylation is 1. The summed E-state index contributed by atoms with van der Waals surface area (Å²) in [5, 5.41) is 4.50. The van der Waals surface area contributed by atoms with Crippen molar-refractivity contribution in [2.75, 3.05) is 13.6 Å². The summed E-state index contributed by atoms with van der Waals surface area (Å²) in [6.07, 6.45) is 0. The Morgan fingerprint density at radius 1 is 1.15 bits per heavy atom. The van der Waals surface area contributed by atoms with Crippen LogP contribution in [0, 0.1) is 6.92 Å². The molecule has 1 amide bonds. The normalized spacial score (nSPS) is 12.3. The van der Waals surface area contributed by atoms with Gasteiger partial charge < -0.3 is 0 Å². The molecular weight excluding hydrogens is 374 g/mol. The molecule has 0 saturated carbocycles. The molecule has 0 spiro atoms. The van der Waals surface area contributed by atoms with Crippen LogP contribution in [0.15, 0.2) is 58.5 Å². The van der Waals surface area contributed by atoms with Crippen LogP contribution in [0.3, 0.4) is 0 Å². The number of nitrogens with zero attached hydrogens (tertiary/aromatic N) is 2. The summed E-state index contributed by atoms with van der Waals surface area (Å²) in [5.41, 5.74) is 4.52. The van der Waals surface area contributed by atoms with Crippen LogP contribution in [0.2, 0.25) is 5.02 Å². The molecule has 0 radical (unpaired) electrons. The van der Waals surface area contributed by atoms with E-state index < -0.39 is 15.9 Å². The van der Waals surface area contributed by atoms with E-state index in [4.69, 9.17) is 11.6 Å². The summed E-state index contributed by atoms with van der Waals surface area (Å²) in [4.78, 5) is 12.2. The molecule has 0 saturated heterocycles. The van der Waals surface area contributed by atoms with E-state index in [-0.39, 0.29) is 11.4 Å². The van der Waals surface area contributed by atoms with E-state index in [1.165, 1.54) is 19.2 Å². The number of hydrazone groups is 1. The number of hydrogen-bond donors (Lipinski definition) is 1. The molecule has 0 aromatic heterocycles. The number of amides is 1. The van der Waals surface area contributed by atoms with Crippen molar-refractivity contribution in [2.45, 2.75) is 18.7 Å². The molecule has 0 bridgehead atoms. The van der Waals surface area contributed by atoms with Crippen molar-refractivity contribution in [1.82, 2.24) is 9.73 Å². The summed E-state index contributed by atoms with van der Waals surface area (Å²) >= 11 is 6.08. The SMILES string of the molecule is C/C(=N/NC(=O)CN(C)S(=O)(=O)c1ccc(C)cc1)c1ccccc1Cl. The first-order valence-corrected chi connectivity index (χ1v) is 9.64. The minimum atomic E-state index is -3.75. The number of likely N-dealkylation sites (N-methyl/N-ethyl adjacent to an activating group) is 1. The second kappa shape index (κ2) is 8.44. The van der Waals surface area contributed by atoms with Crippen LogP contribution >= 0.6 is 11.6 Å². The smallest absolute Gasteiger partial charge is 0.255 e. The van der Waals surface area contributed by atoms with Crippen molar-refractivity contribution in [3.63, 3.8) is 0 Å². The van der Waals surface area contributed by atoms with Crippen LogP contribution in [-0.2, 0) is 14.8 Å². The number of sulfonamides is 1. The maximum Gasteiger partial charge on any atom is 0.255 e. The largest absolute Gasteiger partial charge is 0.272 e. The first kappa shape index (κ1) is 20.1. The van der Waals surface area contributed by atoms with Gasteiger partial charge in [-0.15, -0.1) is 0 Å². The van der Waals surface area contributed by atoms with Gasteiger partial charge in [0.05, 0.1) is 17.2 Å². The molecule has 8 heteroatoms. The summed E-state index contributed by atoms with van der Waals surface area (Å²) in [6, 6.07) is 13.5. The Balaban J connectivity index is 2.04. The van der Waals surface area contributed by atoms with Crippen LogP contribution in [0.1, 0.15) is 18.1 Å². The van der Waals surface area contributed by atoms with Gasteiger partial charge >= 0.3 is 0 Å². The van der Waals surface area contributed by atoms with E-state index in [1.807, 2.05) is 13.0 Å². The van der Waals surface area contributed by atoms with Gasteiger partial charge in [0.15, 0.2) is 0 Å². The lowest BCUT2D eigenvalue weighted by Gasteiger charge is -2.16. The number of hydrogen-bond acceptors (Lipinski definition) is 4. The fourth-order valence-corrected chi connectivity index (χ4v) is 3.57. The molecule has 0 fully saturated rings. The maximum atomic E-state index is 12.5. The fourth-order valence-electron chi connectivity index (χ4n) is 2.17. The van der Waals surface area contributed by atoms with Crippen molar-refractivity contribution in [3.8, 4) is 0 Å². The Bertz CT molecular complexity index is 925. The Morgan fingerprint density at radius 3 is 2.38 bits per heavy atom. The minimum absolute atomic E-state index is 0.133. The minimum Gasteiger partial charge on any atom is -0.272 e. The summed E-state index contributed by atoms with van der Waals surface area (Å²) in [7, 11) is -2.40. The highest BCUT2D eigenvalue weighted by molar-refractivity contribution is 7.89. The summed E-state index contributed by atoms with van der Waals surface area (Å²) < 4.78 is 25.9. The molecule has 2 aromatic carbocycles. The van der Waals surface area contributed by atoms with Crippen molar-refractivity contribution in [2.24, 2.45) is 5.10 Å². The van der Waals surface area contributed by atoms with E-state index in [1.54, 1.807) is 37.3 Å². The lowest BCUT2D eigenvalue weighted by Crippen LogP contribution is -2.36. The molecular formula is C18H20ClN3O3S. The van der Waals surface area contributed by atoms with Gasteiger partial charge in [-0.05, 0) is 32.0 Å². The lowest BCUT2D eigenvalue weighted by molar-refractivity contribution is -0.121. The number of benzene rings is 2. The Kier molecular flexibility index (Phi) is 6.52. The Morgan fingerprint density at radius 2 is 1.77 bits per heavy atom. The van der Waals surface area contributed by atoms with E-state index in [0.29, 0.717) is 16.3 Å². The molecule has 0 heterocycles. The molecule has 1 N–H and O–H groups in total. The fraction of sp³-hybridized carbons (Fsp3) is 0.222. The maximum absolute atomic E-state index is 12.5. The molecule has 0 atom stereocenters. The molecule has 0 unspecified atom stereocenters. The van der Waals surface area contributed by atoms with Crippen molar-refractivity contribution in [3.05, 3.63) is 64.7 Å². The molecule has 0 aliphatic carbocycles. The van der Waals surface area contributed by atoms with Crippen LogP contribution in [0.5, 0.6) is 0 Å². The zero-order chi connectivity index (χ0) is 19.3. The van der Waals surface area contributed by atoms with Crippen LogP contribution < -0.4 is 5.43 Å². The zero-order valence-corrected chi connectivity index (χ0v) is 16.3. The van der Waals surface area contributed by atoms with Gasteiger partial charge in [-0.2, -0.15) is 9.41 Å². The predicted octanol–water partition coefficient (Wildman–Crippen LogP) is 2.81. The van der Waals surface area contributed by atoms with Gasteiger partial charge in [0.2, 0.25) is 10.0 Å². The van der Waals surface area contributed by atoms with E-state index in [2.05, 4.69) is 10.5 Å². The van der Waals surface area contributed by atoms with E-state index >= 15 is 0 Å². The van der Waals surface area contributed by atoms with Gasteiger partial charge in [-0.3, -0.25) is 4.79 Å². The Hall–Kier alpha value is -2.22.